The molecule has 0 aromatic heterocycles. The third kappa shape index (κ3) is 3.98. The SMILES string of the molecule is CNC(=O)[C@H]1CN(C)CCN(Cc2cccc(F)c2F)C1. The molecule has 0 aliphatic carbocycles. The van der Waals surface area contributed by atoms with E-state index in [1.54, 1.807) is 13.1 Å². The van der Waals surface area contributed by atoms with Crippen LogP contribution in [0.1, 0.15) is 5.56 Å². The van der Waals surface area contributed by atoms with Crippen LogP contribution in [0.4, 0.5) is 8.78 Å². The Hall–Kier alpha value is -1.53. The van der Waals surface area contributed by atoms with Gasteiger partial charge < -0.3 is 10.2 Å². The van der Waals surface area contributed by atoms with E-state index in [2.05, 4.69) is 10.2 Å². The van der Waals surface area contributed by atoms with Gasteiger partial charge in [0.05, 0.1) is 5.92 Å². The van der Waals surface area contributed by atoms with Gasteiger partial charge in [0.15, 0.2) is 11.6 Å². The minimum atomic E-state index is -0.831. The van der Waals surface area contributed by atoms with E-state index in [4.69, 9.17) is 0 Å². The molecule has 0 radical (unpaired) electrons. The van der Waals surface area contributed by atoms with Crippen molar-refractivity contribution < 1.29 is 13.6 Å². The fourth-order valence-electron chi connectivity index (χ4n) is 2.67. The summed E-state index contributed by atoms with van der Waals surface area (Å²) in [5.41, 5.74) is 0.329. The van der Waals surface area contributed by atoms with Gasteiger partial charge in [0.1, 0.15) is 0 Å². The molecule has 1 aliphatic heterocycles. The number of carbonyl (C=O) groups excluding carboxylic acids is 1. The number of likely N-dealkylation sites (N-methyl/N-ethyl adjacent to an activating group) is 1. The summed E-state index contributed by atoms with van der Waals surface area (Å²) in [4.78, 5) is 16.0. The molecular formula is C15H21F2N3O. The van der Waals surface area contributed by atoms with Gasteiger partial charge >= 0.3 is 0 Å². The van der Waals surface area contributed by atoms with E-state index in [1.165, 1.54) is 6.07 Å². The van der Waals surface area contributed by atoms with E-state index in [0.717, 1.165) is 19.2 Å². The van der Waals surface area contributed by atoms with Crippen LogP contribution in [0.3, 0.4) is 0 Å². The van der Waals surface area contributed by atoms with E-state index in [9.17, 15) is 13.6 Å². The quantitative estimate of drug-likeness (QED) is 0.907. The first-order valence-electron chi connectivity index (χ1n) is 7.06. The topological polar surface area (TPSA) is 35.6 Å². The monoisotopic (exact) mass is 297 g/mol. The van der Waals surface area contributed by atoms with Gasteiger partial charge in [0.25, 0.3) is 0 Å². The summed E-state index contributed by atoms with van der Waals surface area (Å²) in [6.45, 7) is 3.04. The minimum absolute atomic E-state index is 0.0199. The number of hydrogen-bond donors (Lipinski definition) is 1. The molecule has 2 rings (SSSR count). The highest BCUT2D eigenvalue weighted by molar-refractivity contribution is 5.78. The average Bonchev–Trinajstić information content (AvgIpc) is 2.65. The second-order valence-electron chi connectivity index (χ2n) is 5.52. The molecule has 1 aromatic carbocycles. The zero-order valence-electron chi connectivity index (χ0n) is 12.4. The van der Waals surface area contributed by atoms with E-state index < -0.39 is 11.6 Å². The average molecular weight is 297 g/mol. The number of nitrogens with one attached hydrogen (secondary N) is 1. The van der Waals surface area contributed by atoms with E-state index in [1.807, 2.05) is 11.9 Å². The lowest BCUT2D eigenvalue weighted by molar-refractivity contribution is -0.125. The lowest BCUT2D eigenvalue weighted by Gasteiger charge is -2.23. The molecule has 0 unspecified atom stereocenters. The number of amides is 1. The summed E-state index contributed by atoms with van der Waals surface area (Å²) in [7, 11) is 3.58. The Kier molecular flexibility index (Phi) is 5.25. The summed E-state index contributed by atoms with van der Waals surface area (Å²) in [5.74, 6) is -1.82. The Morgan fingerprint density at radius 1 is 1.33 bits per heavy atom. The van der Waals surface area contributed by atoms with Crippen molar-refractivity contribution in [2.45, 2.75) is 6.54 Å². The maximum atomic E-state index is 13.8. The van der Waals surface area contributed by atoms with Crippen molar-refractivity contribution >= 4 is 5.91 Å². The number of nitrogens with zero attached hydrogens (tertiary/aromatic N) is 2. The largest absolute Gasteiger partial charge is 0.359 e. The van der Waals surface area contributed by atoms with Crippen molar-refractivity contribution in [2.24, 2.45) is 5.92 Å². The molecule has 1 aromatic rings. The molecule has 6 heteroatoms. The maximum Gasteiger partial charge on any atom is 0.225 e. The van der Waals surface area contributed by atoms with Gasteiger partial charge in [0.2, 0.25) is 5.91 Å². The maximum absolute atomic E-state index is 13.8. The van der Waals surface area contributed by atoms with Crippen LogP contribution in [0, 0.1) is 17.6 Å². The Balaban J connectivity index is 2.11. The Bertz CT molecular complexity index is 510. The molecule has 1 heterocycles. The van der Waals surface area contributed by atoms with E-state index >= 15 is 0 Å². The lowest BCUT2D eigenvalue weighted by Crippen LogP contribution is -2.39. The zero-order valence-corrected chi connectivity index (χ0v) is 12.4. The standard InChI is InChI=1S/C15H21F2N3O/c1-18-15(21)12-8-19(2)6-7-20(10-12)9-11-4-3-5-13(16)14(11)17/h3-5,12H,6-10H2,1-2H3,(H,18,21)/t12-/m0/s1. The highest BCUT2D eigenvalue weighted by atomic mass is 19.2. The van der Waals surface area contributed by atoms with Gasteiger partial charge in [0, 0.05) is 45.3 Å². The highest BCUT2D eigenvalue weighted by Crippen LogP contribution is 2.16. The van der Waals surface area contributed by atoms with Crippen LogP contribution < -0.4 is 5.32 Å². The molecule has 1 atom stereocenters. The molecule has 1 amide bonds. The van der Waals surface area contributed by atoms with Crippen LogP contribution in [0.5, 0.6) is 0 Å². The summed E-state index contributed by atoms with van der Waals surface area (Å²) in [6, 6.07) is 4.21. The summed E-state index contributed by atoms with van der Waals surface area (Å²) >= 11 is 0. The number of halogens is 2. The molecule has 1 fully saturated rings. The van der Waals surface area contributed by atoms with Crippen molar-refractivity contribution in [2.75, 3.05) is 40.3 Å². The van der Waals surface area contributed by atoms with Crippen molar-refractivity contribution in [3.05, 3.63) is 35.4 Å². The predicted molar refractivity (Wildman–Crippen MR) is 76.7 cm³/mol. The fraction of sp³-hybridized carbons (Fsp3) is 0.533. The van der Waals surface area contributed by atoms with Crippen LogP contribution in [0.15, 0.2) is 18.2 Å². The van der Waals surface area contributed by atoms with E-state index in [0.29, 0.717) is 25.2 Å². The number of carbonyl (C=O) groups is 1. The molecule has 21 heavy (non-hydrogen) atoms. The number of benzene rings is 1. The first-order valence-corrected chi connectivity index (χ1v) is 7.06. The molecule has 0 bridgehead atoms. The first kappa shape index (κ1) is 15.9. The lowest BCUT2D eigenvalue weighted by atomic mass is 10.1. The normalized spacial score (nSPS) is 21.0. The molecule has 1 saturated heterocycles. The summed E-state index contributed by atoms with van der Waals surface area (Å²) in [6.07, 6.45) is 0. The Morgan fingerprint density at radius 2 is 2.10 bits per heavy atom. The van der Waals surface area contributed by atoms with Gasteiger partial charge in [-0.05, 0) is 13.1 Å². The third-order valence-electron chi connectivity index (χ3n) is 3.85. The van der Waals surface area contributed by atoms with E-state index in [-0.39, 0.29) is 11.8 Å². The third-order valence-corrected chi connectivity index (χ3v) is 3.85. The van der Waals surface area contributed by atoms with Crippen LogP contribution >= 0.6 is 0 Å². The second kappa shape index (κ2) is 6.95. The van der Waals surface area contributed by atoms with Gasteiger partial charge in [-0.1, -0.05) is 12.1 Å². The summed E-state index contributed by atoms with van der Waals surface area (Å²) in [5, 5.41) is 2.66. The molecule has 116 valence electrons. The van der Waals surface area contributed by atoms with Gasteiger partial charge in [-0.2, -0.15) is 0 Å². The van der Waals surface area contributed by atoms with Crippen molar-refractivity contribution in [3.8, 4) is 0 Å². The minimum Gasteiger partial charge on any atom is -0.359 e. The van der Waals surface area contributed by atoms with Crippen molar-refractivity contribution in [3.63, 3.8) is 0 Å². The van der Waals surface area contributed by atoms with Gasteiger partial charge in [-0.15, -0.1) is 0 Å². The number of hydrogen-bond acceptors (Lipinski definition) is 3. The Morgan fingerprint density at radius 3 is 2.81 bits per heavy atom. The van der Waals surface area contributed by atoms with Gasteiger partial charge in [-0.3, -0.25) is 9.69 Å². The van der Waals surface area contributed by atoms with Crippen LogP contribution in [-0.4, -0.2) is 56.0 Å². The van der Waals surface area contributed by atoms with Crippen molar-refractivity contribution in [1.29, 1.82) is 0 Å². The first-order chi connectivity index (χ1) is 10.0. The molecule has 1 aliphatic rings. The molecule has 4 nitrogen and oxygen atoms in total. The summed E-state index contributed by atoms with van der Waals surface area (Å²) < 4.78 is 27.0. The van der Waals surface area contributed by atoms with Crippen LogP contribution in [0.25, 0.3) is 0 Å². The van der Waals surface area contributed by atoms with Gasteiger partial charge in [-0.25, -0.2) is 8.78 Å². The van der Waals surface area contributed by atoms with Crippen LogP contribution in [-0.2, 0) is 11.3 Å². The predicted octanol–water partition coefficient (Wildman–Crippen LogP) is 1.07. The van der Waals surface area contributed by atoms with Crippen molar-refractivity contribution in [1.82, 2.24) is 15.1 Å². The zero-order chi connectivity index (χ0) is 15.4. The molecular weight excluding hydrogens is 276 g/mol. The Labute approximate surface area is 123 Å². The van der Waals surface area contributed by atoms with Crippen LogP contribution in [0.2, 0.25) is 0 Å². The molecule has 0 spiro atoms. The smallest absolute Gasteiger partial charge is 0.225 e. The fourth-order valence-corrected chi connectivity index (χ4v) is 2.67. The highest BCUT2D eigenvalue weighted by Gasteiger charge is 2.26. The number of rotatable bonds is 3. The molecule has 1 N–H and O–H groups in total. The second-order valence-corrected chi connectivity index (χ2v) is 5.52. The molecule has 0 saturated carbocycles.